The molecule has 32 heavy (non-hydrogen) atoms. The van der Waals surface area contributed by atoms with Crippen LogP contribution < -0.4 is 10.6 Å². The lowest BCUT2D eigenvalue weighted by Crippen LogP contribution is -2.47. The Morgan fingerprint density at radius 1 is 1.12 bits per heavy atom. The third-order valence-electron chi connectivity index (χ3n) is 5.98. The fourth-order valence-electron chi connectivity index (χ4n) is 3.98. The van der Waals surface area contributed by atoms with Crippen molar-refractivity contribution in [2.45, 2.75) is 26.2 Å². The van der Waals surface area contributed by atoms with Crippen molar-refractivity contribution < 1.29 is 4.79 Å². The number of carbonyl (C=O) groups excluding carboxylic acids is 1. The number of carbonyl (C=O) groups is 1. The number of anilines is 2. The van der Waals surface area contributed by atoms with Crippen molar-refractivity contribution in [2.24, 2.45) is 0 Å². The molecule has 1 aliphatic heterocycles. The van der Waals surface area contributed by atoms with Crippen molar-refractivity contribution in [3.05, 3.63) is 42.2 Å². The molecule has 8 nitrogen and oxygen atoms in total. The van der Waals surface area contributed by atoms with E-state index in [1.807, 2.05) is 18.1 Å². The summed E-state index contributed by atoms with van der Waals surface area (Å²) in [5, 5.41) is 7.45. The van der Waals surface area contributed by atoms with Crippen LogP contribution in [-0.2, 0) is 11.2 Å². The van der Waals surface area contributed by atoms with Gasteiger partial charge in [0.25, 0.3) is 0 Å². The molecule has 170 valence electrons. The number of hydrogen-bond acceptors (Lipinski definition) is 6. The second-order valence-electron chi connectivity index (χ2n) is 8.39. The number of likely N-dealkylation sites (N-methyl/N-ethyl adjacent to an activating group) is 1. The molecule has 2 N–H and O–H groups in total. The topological polar surface area (TPSA) is 78.3 Å². The lowest BCUT2D eigenvalue weighted by molar-refractivity contribution is -0.132. The molecule has 0 bridgehead atoms. The van der Waals surface area contributed by atoms with E-state index in [0.29, 0.717) is 12.4 Å². The first-order valence-electron chi connectivity index (χ1n) is 11.4. The van der Waals surface area contributed by atoms with Gasteiger partial charge < -0.3 is 25.0 Å². The maximum atomic E-state index is 12.5. The Morgan fingerprint density at radius 3 is 2.69 bits per heavy atom. The van der Waals surface area contributed by atoms with Gasteiger partial charge >= 0.3 is 0 Å². The second-order valence-corrected chi connectivity index (χ2v) is 8.39. The zero-order valence-corrected chi connectivity index (χ0v) is 19.3. The Balaban J connectivity index is 1.47. The number of benzene rings is 1. The Morgan fingerprint density at radius 2 is 1.94 bits per heavy atom. The second kappa shape index (κ2) is 9.99. The molecule has 1 fully saturated rings. The van der Waals surface area contributed by atoms with E-state index in [1.165, 1.54) is 0 Å². The van der Waals surface area contributed by atoms with Crippen LogP contribution in [-0.4, -0.2) is 77.1 Å². The van der Waals surface area contributed by atoms with Gasteiger partial charge in [0.05, 0.1) is 5.52 Å². The molecule has 1 amide bonds. The third kappa shape index (κ3) is 5.02. The minimum atomic E-state index is 0.250. The van der Waals surface area contributed by atoms with Crippen LogP contribution in [0.5, 0.6) is 0 Å². The van der Waals surface area contributed by atoms with E-state index in [4.69, 9.17) is 0 Å². The maximum Gasteiger partial charge on any atom is 0.224 e. The highest BCUT2D eigenvalue weighted by atomic mass is 16.2. The molecule has 8 heteroatoms. The SMILES string of the molecule is CCCNc1nc(NC)nc2cc(-n3ccc(CCC(=O)N4CCN(C)CC4)c3)ccc12. The van der Waals surface area contributed by atoms with Crippen molar-refractivity contribution in [3.63, 3.8) is 0 Å². The normalized spacial score (nSPS) is 14.7. The summed E-state index contributed by atoms with van der Waals surface area (Å²) in [6, 6.07) is 8.32. The minimum absolute atomic E-state index is 0.250. The van der Waals surface area contributed by atoms with Gasteiger partial charge in [0.1, 0.15) is 5.82 Å². The fourth-order valence-corrected chi connectivity index (χ4v) is 3.98. The van der Waals surface area contributed by atoms with E-state index < -0.39 is 0 Å². The molecule has 0 aliphatic carbocycles. The predicted octanol–water partition coefficient (Wildman–Crippen LogP) is 2.99. The summed E-state index contributed by atoms with van der Waals surface area (Å²) in [6.45, 7) is 6.58. The van der Waals surface area contributed by atoms with Gasteiger partial charge in [-0.1, -0.05) is 6.92 Å². The zero-order chi connectivity index (χ0) is 22.5. The molecule has 2 aromatic heterocycles. The Bertz CT molecular complexity index is 1070. The van der Waals surface area contributed by atoms with E-state index in [-0.39, 0.29) is 5.91 Å². The molecular weight excluding hydrogens is 402 g/mol. The first kappa shape index (κ1) is 22.1. The number of rotatable bonds is 8. The molecular formula is C24H33N7O. The van der Waals surface area contributed by atoms with Gasteiger partial charge in [0.2, 0.25) is 11.9 Å². The molecule has 0 unspecified atom stereocenters. The Kier molecular flexibility index (Phi) is 6.90. The van der Waals surface area contributed by atoms with Crippen LogP contribution >= 0.6 is 0 Å². The summed E-state index contributed by atoms with van der Waals surface area (Å²) >= 11 is 0. The minimum Gasteiger partial charge on any atom is -0.369 e. The highest BCUT2D eigenvalue weighted by Gasteiger charge is 2.18. The Hall–Kier alpha value is -3.13. The van der Waals surface area contributed by atoms with Crippen molar-refractivity contribution in [2.75, 3.05) is 57.5 Å². The molecule has 3 heterocycles. The summed E-state index contributed by atoms with van der Waals surface area (Å²) in [4.78, 5) is 26.0. The molecule has 1 saturated heterocycles. The van der Waals surface area contributed by atoms with Crippen molar-refractivity contribution in [1.29, 1.82) is 0 Å². The molecule has 0 radical (unpaired) electrons. The highest BCUT2D eigenvalue weighted by Crippen LogP contribution is 2.25. The monoisotopic (exact) mass is 435 g/mol. The first-order valence-corrected chi connectivity index (χ1v) is 11.4. The summed E-state index contributed by atoms with van der Waals surface area (Å²) in [5.74, 6) is 1.70. The van der Waals surface area contributed by atoms with E-state index in [9.17, 15) is 4.79 Å². The van der Waals surface area contributed by atoms with Crippen LogP contribution in [0.15, 0.2) is 36.7 Å². The number of nitrogens with zero attached hydrogens (tertiary/aromatic N) is 5. The van der Waals surface area contributed by atoms with Gasteiger partial charge in [0, 0.05) is 69.7 Å². The average Bonchev–Trinajstić information content (AvgIpc) is 3.30. The predicted molar refractivity (Wildman–Crippen MR) is 130 cm³/mol. The molecule has 0 atom stereocenters. The summed E-state index contributed by atoms with van der Waals surface area (Å²) in [7, 11) is 3.93. The summed E-state index contributed by atoms with van der Waals surface area (Å²) in [6.07, 6.45) is 6.49. The maximum absolute atomic E-state index is 12.5. The summed E-state index contributed by atoms with van der Waals surface area (Å²) < 4.78 is 2.09. The fraction of sp³-hybridized carbons (Fsp3) is 0.458. The standard InChI is InChI=1S/C24H33N7O/c1-4-10-26-23-20-7-6-19(16-21(20)27-24(25-2)28-23)31-11-9-18(17-31)5-8-22(32)30-14-12-29(3)13-15-30/h6-7,9,11,16-17H,4-5,8,10,12-15H2,1-3H3,(H2,25,26,27,28). The van der Waals surface area contributed by atoms with Gasteiger partial charge in [-0.3, -0.25) is 4.79 Å². The van der Waals surface area contributed by atoms with Gasteiger partial charge in [-0.15, -0.1) is 0 Å². The van der Waals surface area contributed by atoms with Crippen LogP contribution in [0.1, 0.15) is 25.3 Å². The number of fused-ring (bicyclic) bond motifs is 1. The average molecular weight is 436 g/mol. The highest BCUT2D eigenvalue weighted by molar-refractivity contribution is 5.91. The number of amides is 1. The molecule has 0 saturated carbocycles. The molecule has 4 rings (SSSR count). The number of aromatic nitrogens is 3. The first-order chi connectivity index (χ1) is 15.6. The van der Waals surface area contributed by atoms with Crippen LogP contribution in [0.2, 0.25) is 0 Å². The van der Waals surface area contributed by atoms with E-state index in [1.54, 1.807) is 0 Å². The van der Waals surface area contributed by atoms with Crippen LogP contribution in [0.4, 0.5) is 11.8 Å². The molecule has 1 aromatic carbocycles. The lowest BCUT2D eigenvalue weighted by Gasteiger charge is -2.32. The smallest absolute Gasteiger partial charge is 0.224 e. The van der Waals surface area contributed by atoms with Gasteiger partial charge in [0.15, 0.2) is 0 Å². The van der Waals surface area contributed by atoms with Crippen molar-refractivity contribution in [3.8, 4) is 5.69 Å². The van der Waals surface area contributed by atoms with Gasteiger partial charge in [-0.2, -0.15) is 4.98 Å². The zero-order valence-electron chi connectivity index (χ0n) is 19.3. The van der Waals surface area contributed by atoms with Gasteiger partial charge in [-0.05, 0) is 49.7 Å². The third-order valence-corrected chi connectivity index (χ3v) is 5.98. The largest absolute Gasteiger partial charge is 0.369 e. The molecule has 0 spiro atoms. The summed E-state index contributed by atoms with van der Waals surface area (Å²) in [5.41, 5.74) is 3.09. The van der Waals surface area contributed by atoms with Crippen molar-refractivity contribution in [1.82, 2.24) is 24.3 Å². The van der Waals surface area contributed by atoms with Crippen molar-refractivity contribution >= 4 is 28.6 Å². The Labute approximate surface area is 189 Å². The molecule has 1 aliphatic rings. The number of piperazine rings is 1. The van der Waals surface area contributed by atoms with Crippen LogP contribution in [0.25, 0.3) is 16.6 Å². The van der Waals surface area contributed by atoms with Crippen LogP contribution in [0, 0.1) is 0 Å². The van der Waals surface area contributed by atoms with Crippen LogP contribution in [0.3, 0.4) is 0 Å². The lowest BCUT2D eigenvalue weighted by atomic mass is 10.1. The van der Waals surface area contributed by atoms with E-state index in [0.717, 1.165) is 73.5 Å². The molecule has 3 aromatic rings. The quantitative estimate of drug-likeness (QED) is 0.566. The number of aryl methyl sites for hydroxylation is 1. The number of nitrogens with one attached hydrogen (secondary N) is 2. The van der Waals surface area contributed by atoms with E-state index >= 15 is 0 Å². The van der Waals surface area contributed by atoms with Gasteiger partial charge in [-0.25, -0.2) is 4.98 Å². The van der Waals surface area contributed by atoms with E-state index in [2.05, 4.69) is 74.5 Å². The number of hydrogen-bond donors (Lipinski definition) is 2.